The van der Waals surface area contributed by atoms with Crippen molar-refractivity contribution in [1.82, 2.24) is 0 Å². The molecule has 0 radical (unpaired) electrons. The van der Waals surface area contributed by atoms with Crippen molar-refractivity contribution in [3.8, 4) is 0 Å². The van der Waals surface area contributed by atoms with E-state index in [-0.39, 0.29) is 5.91 Å². The second kappa shape index (κ2) is 4.61. The van der Waals surface area contributed by atoms with Gasteiger partial charge in [0.15, 0.2) is 0 Å². The molecular formula is C16H13NO2. The summed E-state index contributed by atoms with van der Waals surface area (Å²) < 4.78 is 4.94. The maximum absolute atomic E-state index is 12.2. The Morgan fingerprint density at radius 1 is 1.05 bits per heavy atom. The van der Waals surface area contributed by atoms with Crippen molar-refractivity contribution in [3.63, 3.8) is 0 Å². The maximum Gasteiger partial charge on any atom is 0.261 e. The third kappa shape index (κ3) is 2.10. The number of rotatable bonds is 2. The molecule has 3 heteroatoms. The SMILES string of the molecule is CN(C(=O)c1ccoc1)c1ccc2ccccc2c1. The number of carbonyl (C=O) groups is 1. The molecule has 1 amide bonds. The molecule has 3 rings (SSSR count). The minimum atomic E-state index is -0.0796. The number of carbonyl (C=O) groups excluding carboxylic acids is 1. The highest BCUT2D eigenvalue weighted by atomic mass is 16.3. The number of hydrogen-bond donors (Lipinski definition) is 0. The first-order valence-corrected chi connectivity index (χ1v) is 6.05. The molecule has 2 aromatic carbocycles. The van der Waals surface area contributed by atoms with Gasteiger partial charge in [0.2, 0.25) is 0 Å². The minimum absolute atomic E-state index is 0.0796. The molecule has 0 saturated carbocycles. The molecule has 0 fully saturated rings. The van der Waals surface area contributed by atoms with Crippen LogP contribution in [0.25, 0.3) is 10.8 Å². The van der Waals surface area contributed by atoms with E-state index in [0.717, 1.165) is 16.5 Å². The smallest absolute Gasteiger partial charge is 0.261 e. The summed E-state index contributed by atoms with van der Waals surface area (Å²) in [6, 6.07) is 15.7. The highest BCUT2D eigenvalue weighted by Gasteiger charge is 2.14. The third-order valence-corrected chi connectivity index (χ3v) is 3.19. The van der Waals surface area contributed by atoms with Gasteiger partial charge in [0.25, 0.3) is 5.91 Å². The Morgan fingerprint density at radius 2 is 1.84 bits per heavy atom. The molecule has 0 spiro atoms. The Balaban J connectivity index is 1.97. The Labute approximate surface area is 111 Å². The second-order valence-corrected chi connectivity index (χ2v) is 4.41. The zero-order chi connectivity index (χ0) is 13.2. The zero-order valence-corrected chi connectivity index (χ0v) is 10.5. The average molecular weight is 251 g/mol. The van der Waals surface area contributed by atoms with Crippen LogP contribution in [0.1, 0.15) is 10.4 Å². The molecule has 1 aromatic heterocycles. The van der Waals surface area contributed by atoms with E-state index in [2.05, 4.69) is 6.07 Å². The first kappa shape index (κ1) is 11.5. The predicted octanol–water partition coefficient (Wildman–Crippen LogP) is 3.71. The zero-order valence-electron chi connectivity index (χ0n) is 10.5. The van der Waals surface area contributed by atoms with Gasteiger partial charge in [-0.05, 0) is 29.0 Å². The highest BCUT2D eigenvalue weighted by molar-refractivity contribution is 6.06. The van der Waals surface area contributed by atoms with Crippen molar-refractivity contribution < 1.29 is 9.21 Å². The number of amides is 1. The van der Waals surface area contributed by atoms with Gasteiger partial charge in [-0.15, -0.1) is 0 Å². The lowest BCUT2D eigenvalue weighted by Crippen LogP contribution is -2.25. The van der Waals surface area contributed by atoms with Crippen molar-refractivity contribution in [2.45, 2.75) is 0 Å². The summed E-state index contributed by atoms with van der Waals surface area (Å²) in [5.41, 5.74) is 1.42. The van der Waals surface area contributed by atoms with Crippen LogP contribution in [0, 0.1) is 0 Å². The standard InChI is InChI=1S/C16H13NO2/c1-17(16(18)14-8-9-19-11-14)15-7-6-12-4-2-3-5-13(12)10-15/h2-11H,1H3. The summed E-state index contributed by atoms with van der Waals surface area (Å²) in [4.78, 5) is 13.8. The predicted molar refractivity (Wildman–Crippen MR) is 75.4 cm³/mol. The van der Waals surface area contributed by atoms with Gasteiger partial charge >= 0.3 is 0 Å². The highest BCUT2D eigenvalue weighted by Crippen LogP contribution is 2.22. The van der Waals surface area contributed by atoms with E-state index < -0.39 is 0 Å². The van der Waals surface area contributed by atoms with Crippen LogP contribution in [0.4, 0.5) is 5.69 Å². The number of furan rings is 1. The van der Waals surface area contributed by atoms with E-state index in [1.807, 2.05) is 36.4 Å². The first-order chi connectivity index (χ1) is 9.25. The summed E-state index contributed by atoms with van der Waals surface area (Å²) >= 11 is 0. The van der Waals surface area contributed by atoms with Gasteiger partial charge < -0.3 is 9.32 Å². The number of hydrogen-bond acceptors (Lipinski definition) is 2. The molecule has 0 unspecified atom stereocenters. The first-order valence-electron chi connectivity index (χ1n) is 6.05. The molecule has 1 heterocycles. The molecule has 0 aliphatic rings. The maximum atomic E-state index is 12.2. The number of fused-ring (bicyclic) bond motifs is 1. The molecule has 0 saturated heterocycles. The lowest BCUT2D eigenvalue weighted by molar-refractivity contribution is 0.0992. The van der Waals surface area contributed by atoms with Crippen molar-refractivity contribution in [1.29, 1.82) is 0 Å². The molecular weight excluding hydrogens is 238 g/mol. The summed E-state index contributed by atoms with van der Waals surface area (Å²) in [6.07, 6.45) is 2.96. The lowest BCUT2D eigenvalue weighted by Gasteiger charge is -2.17. The fraction of sp³-hybridized carbons (Fsp3) is 0.0625. The third-order valence-electron chi connectivity index (χ3n) is 3.19. The Kier molecular flexibility index (Phi) is 2.80. The monoisotopic (exact) mass is 251 g/mol. The summed E-state index contributed by atoms with van der Waals surface area (Å²) in [5.74, 6) is -0.0796. The Bertz CT molecular complexity index is 716. The average Bonchev–Trinajstić information content (AvgIpc) is 2.99. The van der Waals surface area contributed by atoms with Crippen LogP contribution in [-0.2, 0) is 0 Å². The summed E-state index contributed by atoms with van der Waals surface area (Å²) in [7, 11) is 1.76. The van der Waals surface area contributed by atoms with E-state index in [9.17, 15) is 4.79 Å². The van der Waals surface area contributed by atoms with E-state index in [0.29, 0.717) is 5.56 Å². The summed E-state index contributed by atoms with van der Waals surface area (Å²) in [5, 5.41) is 2.28. The quantitative estimate of drug-likeness (QED) is 0.695. The Morgan fingerprint density at radius 3 is 2.58 bits per heavy atom. The molecule has 3 aromatic rings. The van der Waals surface area contributed by atoms with Gasteiger partial charge in [0, 0.05) is 12.7 Å². The van der Waals surface area contributed by atoms with E-state index >= 15 is 0 Å². The van der Waals surface area contributed by atoms with Crippen LogP contribution in [0.15, 0.2) is 65.5 Å². The Hall–Kier alpha value is -2.55. The van der Waals surface area contributed by atoms with Crippen LogP contribution in [0.3, 0.4) is 0 Å². The van der Waals surface area contributed by atoms with Crippen LogP contribution >= 0.6 is 0 Å². The molecule has 0 aliphatic carbocycles. The molecule has 19 heavy (non-hydrogen) atoms. The van der Waals surface area contributed by atoms with Gasteiger partial charge in [-0.2, -0.15) is 0 Å². The van der Waals surface area contributed by atoms with Crippen LogP contribution in [0.5, 0.6) is 0 Å². The largest absolute Gasteiger partial charge is 0.472 e. The minimum Gasteiger partial charge on any atom is -0.472 e. The topological polar surface area (TPSA) is 33.5 Å². The second-order valence-electron chi connectivity index (χ2n) is 4.41. The van der Waals surface area contributed by atoms with E-state index in [1.54, 1.807) is 18.0 Å². The van der Waals surface area contributed by atoms with Crippen LogP contribution in [0.2, 0.25) is 0 Å². The normalized spacial score (nSPS) is 10.6. The molecule has 0 bridgehead atoms. The van der Waals surface area contributed by atoms with Gasteiger partial charge in [0.1, 0.15) is 6.26 Å². The fourth-order valence-electron chi connectivity index (χ4n) is 2.08. The van der Waals surface area contributed by atoms with Crippen molar-refractivity contribution in [3.05, 3.63) is 66.6 Å². The van der Waals surface area contributed by atoms with Gasteiger partial charge in [-0.3, -0.25) is 4.79 Å². The molecule has 94 valence electrons. The van der Waals surface area contributed by atoms with Gasteiger partial charge in [-0.25, -0.2) is 0 Å². The lowest BCUT2D eigenvalue weighted by atomic mass is 10.1. The van der Waals surface area contributed by atoms with Gasteiger partial charge in [-0.1, -0.05) is 30.3 Å². The number of nitrogens with zero attached hydrogens (tertiary/aromatic N) is 1. The molecule has 0 aliphatic heterocycles. The van der Waals surface area contributed by atoms with E-state index in [1.165, 1.54) is 12.5 Å². The fourth-order valence-corrected chi connectivity index (χ4v) is 2.08. The van der Waals surface area contributed by atoms with Crippen LogP contribution in [-0.4, -0.2) is 13.0 Å². The van der Waals surface area contributed by atoms with Crippen LogP contribution < -0.4 is 4.90 Å². The van der Waals surface area contributed by atoms with Crippen molar-refractivity contribution >= 4 is 22.4 Å². The van der Waals surface area contributed by atoms with Crippen molar-refractivity contribution in [2.24, 2.45) is 0 Å². The molecule has 0 N–H and O–H groups in total. The number of anilines is 1. The van der Waals surface area contributed by atoms with Gasteiger partial charge in [0.05, 0.1) is 11.8 Å². The molecule has 0 atom stereocenters. The number of benzene rings is 2. The summed E-state index contributed by atoms with van der Waals surface area (Å²) in [6.45, 7) is 0. The van der Waals surface area contributed by atoms with E-state index in [4.69, 9.17) is 4.42 Å². The van der Waals surface area contributed by atoms with Crippen molar-refractivity contribution in [2.75, 3.05) is 11.9 Å². The molecule has 3 nitrogen and oxygen atoms in total.